The van der Waals surface area contributed by atoms with Crippen molar-refractivity contribution in [1.29, 1.82) is 0 Å². The van der Waals surface area contributed by atoms with Crippen LogP contribution in [-0.2, 0) is 0 Å². The van der Waals surface area contributed by atoms with Crippen molar-refractivity contribution in [3.63, 3.8) is 0 Å². The monoisotopic (exact) mass is 244 g/mol. The molecule has 0 saturated carbocycles. The SMILES string of the molecule is C=C[CH2][Mg][CH2]C=C.CCC[CH2][Mg][CH2]CCC. The van der Waals surface area contributed by atoms with Gasteiger partial charge in [-0.1, -0.05) is 39.5 Å². The fourth-order valence-corrected chi connectivity index (χ4v) is 4.31. The molecule has 0 aromatic rings. The lowest BCUT2D eigenvalue weighted by molar-refractivity contribution is 0.851. The van der Waals surface area contributed by atoms with E-state index in [-0.39, 0.29) is 20.4 Å². The lowest BCUT2D eigenvalue weighted by Gasteiger charge is -1.93. The molecule has 0 aliphatic carbocycles. The highest BCUT2D eigenvalue weighted by molar-refractivity contribution is 6.36. The van der Waals surface area contributed by atoms with E-state index in [1.807, 2.05) is 12.2 Å². The van der Waals surface area contributed by atoms with Gasteiger partial charge >= 0.3 is 40.7 Å². The maximum Gasteiger partial charge on any atom is 0.375 e. The fourth-order valence-electron chi connectivity index (χ4n) is 1.44. The molecule has 2 heteroatoms. The molecule has 0 bridgehead atoms. The van der Waals surface area contributed by atoms with Crippen LogP contribution in [0, 0.1) is 0 Å². The minimum absolute atomic E-state index is 0.175. The van der Waals surface area contributed by atoms with Crippen molar-refractivity contribution < 1.29 is 0 Å². The average molecular weight is 245 g/mol. The standard InChI is InChI=1S/2C4H9.2C3H5.2Mg/c2*1-3-4-2;2*1-3-2;;/h2*1,3-4H2,2H3;2*3H,1-2H2;;. The van der Waals surface area contributed by atoms with Gasteiger partial charge in [-0.25, -0.2) is 0 Å². The highest BCUT2D eigenvalue weighted by Gasteiger charge is 1.92. The van der Waals surface area contributed by atoms with Gasteiger partial charge in [0.1, 0.15) is 0 Å². The second-order valence-corrected chi connectivity index (χ2v) is 8.26. The Kier molecular flexibility index (Phi) is 25.8. The zero-order valence-electron chi connectivity index (χ0n) is 11.6. The Labute approximate surface area is 123 Å². The first-order chi connectivity index (χ1) is 7.83. The van der Waals surface area contributed by atoms with Crippen molar-refractivity contribution in [2.75, 3.05) is 0 Å². The van der Waals surface area contributed by atoms with Crippen LogP contribution < -0.4 is 0 Å². The van der Waals surface area contributed by atoms with Crippen molar-refractivity contribution in [2.45, 2.75) is 57.7 Å². The third-order valence-corrected chi connectivity index (χ3v) is 6.16. The van der Waals surface area contributed by atoms with Gasteiger partial charge in [-0.2, -0.15) is 0 Å². The van der Waals surface area contributed by atoms with Gasteiger partial charge in [0, 0.05) is 0 Å². The van der Waals surface area contributed by atoms with Gasteiger partial charge in [0.05, 0.1) is 0 Å². The van der Waals surface area contributed by atoms with E-state index >= 15 is 0 Å². The topological polar surface area (TPSA) is 0 Å². The summed E-state index contributed by atoms with van der Waals surface area (Å²) in [7, 11) is 0. The summed E-state index contributed by atoms with van der Waals surface area (Å²) in [5.41, 5.74) is 0. The van der Waals surface area contributed by atoms with E-state index in [9.17, 15) is 0 Å². The summed E-state index contributed by atoms with van der Waals surface area (Å²) in [5, 5.41) is 0. The van der Waals surface area contributed by atoms with E-state index in [4.69, 9.17) is 0 Å². The zero-order valence-corrected chi connectivity index (χ0v) is 14.5. The number of unbranched alkanes of at least 4 members (excludes halogenated alkanes) is 2. The molecule has 0 unspecified atom stereocenters. The molecular weight excluding hydrogens is 217 g/mol. The minimum atomic E-state index is 0.175. The summed E-state index contributed by atoms with van der Waals surface area (Å²) in [6.45, 7) is 11.8. The second-order valence-electron chi connectivity index (χ2n) is 4.28. The number of rotatable bonds is 10. The summed E-state index contributed by atoms with van der Waals surface area (Å²) < 4.78 is 5.70. The van der Waals surface area contributed by atoms with E-state index in [0.29, 0.717) is 20.4 Å². The molecule has 0 heterocycles. The van der Waals surface area contributed by atoms with Gasteiger partial charge in [0.25, 0.3) is 0 Å². The molecule has 0 fully saturated rings. The number of allylic oxidation sites excluding steroid dienone is 2. The molecule has 0 aliphatic heterocycles. The first kappa shape index (κ1) is 19.4. The Morgan fingerprint density at radius 3 is 1.56 bits per heavy atom. The van der Waals surface area contributed by atoms with Crippen molar-refractivity contribution in [2.24, 2.45) is 0 Å². The highest BCUT2D eigenvalue weighted by atomic mass is 24.5. The number of hydrogen-bond donors (Lipinski definition) is 0. The van der Waals surface area contributed by atoms with Gasteiger partial charge in [0.15, 0.2) is 0 Å². The normalized spacial score (nSPS) is 8.12. The molecule has 0 N–H and O–H groups in total. The van der Waals surface area contributed by atoms with E-state index < -0.39 is 0 Å². The predicted octanol–water partition coefficient (Wildman–Crippen LogP) is 5.03. The van der Waals surface area contributed by atoms with Crippen molar-refractivity contribution in [3.8, 4) is 0 Å². The predicted molar refractivity (Wildman–Crippen MR) is 80.9 cm³/mol. The average Bonchev–Trinajstić information content (AvgIpc) is 2.31. The quantitative estimate of drug-likeness (QED) is 0.287. The Bertz CT molecular complexity index is 119. The van der Waals surface area contributed by atoms with Gasteiger partial charge in [-0.3, -0.25) is 0 Å². The van der Waals surface area contributed by atoms with E-state index in [1.165, 1.54) is 34.8 Å². The second kappa shape index (κ2) is 21.3. The molecule has 0 nitrogen and oxygen atoms in total. The largest absolute Gasteiger partial charge is 0.375 e. The first-order valence-electron chi connectivity index (χ1n) is 7.05. The van der Waals surface area contributed by atoms with Crippen LogP contribution in [0.2, 0.25) is 18.2 Å². The first-order valence-corrected chi connectivity index (χ1v) is 11.0. The maximum atomic E-state index is 3.63. The molecule has 0 spiro atoms. The van der Waals surface area contributed by atoms with Crippen LogP contribution in [0.25, 0.3) is 0 Å². The van der Waals surface area contributed by atoms with E-state index in [1.54, 1.807) is 9.10 Å². The molecule has 0 aromatic carbocycles. The third kappa shape index (κ3) is 24.3. The van der Waals surface area contributed by atoms with Crippen molar-refractivity contribution in [1.82, 2.24) is 0 Å². The minimum Gasteiger partial charge on any atom is -0.146 e. The van der Waals surface area contributed by atoms with Crippen LogP contribution in [0.1, 0.15) is 39.5 Å². The molecule has 0 rings (SSSR count). The van der Waals surface area contributed by atoms with Crippen LogP contribution >= 0.6 is 0 Å². The number of hydrogen-bond acceptors (Lipinski definition) is 0. The summed E-state index contributed by atoms with van der Waals surface area (Å²) in [4.78, 5) is 0. The summed E-state index contributed by atoms with van der Waals surface area (Å²) in [5.74, 6) is 0. The third-order valence-electron chi connectivity index (χ3n) is 2.52. The molecule has 0 aliphatic rings. The molecule has 0 saturated heterocycles. The van der Waals surface area contributed by atoms with Crippen LogP contribution in [0.3, 0.4) is 0 Å². The Morgan fingerprint density at radius 1 is 0.812 bits per heavy atom. The van der Waals surface area contributed by atoms with E-state index in [2.05, 4.69) is 27.0 Å². The lowest BCUT2D eigenvalue weighted by atomic mass is 10.4. The summed E-state index contributed by atoms with van der Waals surface area (Å²) in [6.07, 6.45) is 9.79. The van der Waals surface area contributed by atoms with Crippen LogP contribution in [-0.4, -0.2) is 40.7 Å². The molecule has 0 atom stereocenters. The Morgan fingerprint density at radius 2 is 1.25 bits per heavy atom. The molecule has 0 aromatic heterocycles. The van der Waals surface area contributed by atoms with E-state index in [0.717, 1.165) is 0 Å². The molecule has 0 amide bonds. The van der Waals surface area contributed by atoms with Gasteiger partial charge in [0.2, 0.25) is 0 Å². The summed E-state index contributed by atoms with van der Waals surface area (Å²) in [6, 6.07) is 0. The highest BCUT2D eigenvalue weighted by Crippen LogP contribution is 1.99. The lowest BCUT2D eigenvalue weighted by Crippen LogP contribution is -1.87. The fraction of sp³-hybridized carbons (Fsp3) is 0.714. The summed E-state index contributed by atoms with van der Waals surface area (Å²) >= 11 is 0.564. The van der Waals surface area contributed by atoms with Gasteiger partial charge in [-0.05, 0) is 0 Å². The molecule has 88 valence electrons. The van der Waals surface area contributed by atoms with Crippen LogP contribution in [0.5, 0.6) is 0 Å². The molecule has 0 radical (unpaired) electrons. The van der Waals surface area contributed by atoms with Gasteiger partial charge in [-0.15, -0.1) is 43.5 Å². The smallest absolute Gasteiger partial charge is 0.146 e. The Balaban J connectivity index is 0. The van der Waals surface area contributed by atoms with Crippen LogP contribution in [0.4, 0.5) is 0 Å². The molecular formula is C14H28Mg2. The van der Waals surface area contributed by atoms with Crippen molar-refractivity contribution in [3.05, 3.63) is 25.3 Å². The van der Waals surface area contributed by atoms with Crippen molar-refractivity contribution >= 4 is 40.7 Å². The zero-order chi connectivity index (χ0) is 12.5. The van der Waals surface area contributed by atoms with Gasteiger partial charge < -0.3 is 0 Å². The maximum absolute atomic E-state index is 3.63. The molecule has 16 heavy (non-hydrogen) atoms. The Hall–Kier alpha value is 1.01. The van der Waals surface area contributed by atoms with Crippen LogP contribution in [0.15, 0.2) is 25.3 Å².